The summed E-state index contributed by atoms with van der Waals surface area (Å²) in [5.41, 5.74) is 1.17. The molecule has 0 saturated carbocycles. The van der Waals surface area contributed by atoms with E-state index in [0.29, 0.717) is 12.0 Å². The number of benzene rings is 1. The predicted molar refractivity (Wildman–Crippen MR) is 80.2 cm³/mol. The van der Waals surface area contributed by atoms with Crippen molar-refractivity contribution in [3.63, 3.8) is 0 Å². The smallest absolute Gasteiger partial charge is 0.269 e. The molecule has 0 aromatic heterocycles. The van der Waals surface area contributed by atoms with Gasteiger partial charge in [-0.05, 0) is 25.0 Å². The highest BCUT2D eigenvalue weighted by Gasteiger charge is 2.39. The van der Waals surface area contributed by atoms with Crippen LogP contribution in [0.15, 0.2) is 24.3 Å². The Bertz CT molecular complexity index is 511. The van der Waals surface area contributed by atoms with Gasteiger partial charge in [0.2, 0.25) is 0 Å². The summed E-state index contributed by atoms with van der Waals surface area (Å²) in [5.74, 6) is 0.387. The lowest BCUT2D eigenvalue weighted by Crippen LogP contribution is -2.61. The number of nitro benzene ring substituents is 1. The van der Waals surface area contributed by atoms with Crippen LogP contribution in [-0.2, 0) is 0 Å². The summed E-state index contributed by atoms with van der Waals surface area (Å²) in [6, 6.07) is 7.22. The fourth-order valence-electron chi connectivity index (χ4n) is 3.33. The summed E-state index contributed by atoms with van der Waals surface area (Å²) < 4.78 is 0. The van der Waals surface area contributed by atoms with Crippen molar-refractivity contribution >= 4 is 11.4 Å². The number of rotatable bonds is 3. The summed E-state index contributed by atoms with van der Waals surface area (Å²) in [4.78, 5) is 14.7. The molecule has 0 radical (unpaired) electrons. The Morgan fingerprint density at radius 2 is 1.86 bits per heavy atom. The fourth-order valence-corrected chi connectivity index (χ4v) is 3.33. The highest BCUT2D eigenvalue weighted by molar-refractivity contribution is 5.51. The molecular weight excluding hydrogens is 270 g/mol. The van der Waals surface area contributed by atoms with Crippen LogP contribution in [0.5, 0.6) is 0 Å². The molecule has 1 aromatic carbocycles. The van der Waals surface area contributed by atoms with Crippen molar-refractivity contribution in [2.75, 3.05) is 24.5 Å². The van der Waals surface area contributed by atoms with Crippen LogP contribution in [-0.4, -0.2) is 46.8 Å². The first kappa shape index (κ1) is 14.3. The lowest BCUT2D eigenvalue weighted by molar-refractivity contribution is -0.384. The molecule has 2 aliphatic rings. The number of nitro groups is 1. The maximum atomic E-state index is 10.7. The predicted octanol–water partition coefficient (Wildman–Crippen LogP) is 1.83. The van der Waals surface area contributed by atoms with Gasteiger partial charge in [-0.2, -0.15) is 0 Å². The van der Waals surface area contributed by atoms with Gasteiger partial charge >= 0.3 is 0 Å². The van der Waals surface area contributed by atoms with E-state index in [4.69, 9.17) is 0 Å². The molecule has 2 unspecified atom stereocenters. The monoisotopic (exact) mass is 291 g/mol. The van der Waals surface area contributed by atoms with Gasteiger partial charge in [0.1, 0.15) is 6.23 Å². The Balaban J connectivity index is 1.57. The maximum Gasteiger partial charge on any atom is 0.269 e. The molecule has 1 N–H and O–H groups in total. The van der Waals surface area contributed by atoms with E-state index in [-0.39, 0.29) is 16.8 Å². The molecule has 0 amide bonds. The molecule has 6 heteroatoms. The van der Waals surface area contributed by atoms with E-state index in [1.165, 1.54) is 0 Å². The van der Waals surface area contributed by atoms with Crippen molar-refractivity contribution in [3.05, 3.63) is 34.4 Å². The van der Waals surface area contributed by atoms with Crippen LogP contribution in [0.4, 0.5) is 11.4 Å². The Hall–Kier alpha value is -1.66. The van der Waals surface area contributed by atoms with Crippen LogP contribution in [0.1, 0.15) is 19.8 Å². The van der Waals surface area contributed by atoms with E-state index in [1.54, 1.807) is 12.1 Å². The number of aliphatic hydroxyl groups is 1. The number of anilines is 1. The lowest BCUT2D eigenvalue weighted by Gasteiger charge is -2.50. The first-order valence-electron chi connectivity index (χ1n) is 7.49. The van der Waals surface area contributed by atoms with Crippen LogP contribution in [0, 0.1) is 16.0 Å². The second-order valence-corrected chi connectivity index (χ2v) is 6.08. The van der Waals surface area contributed by atoms with Crippen molar-refractivity contribution in [3.8, 4) is 0 Å². The second kappa shape index (κ2) is 5.61. The number of piperidine rings is 1. The van der Waals surface area contributed by atoms with Gasteiger partial charge < -0.3 is 10.0 Å². The highest BCUT2D eigenvalue weighted by atomic mass is 16.6. The zero-order valence-electron chi connectivity index (χ0n) is 12.2. The molecule has 2 fully saturated rings. The fraction of sp³-hybridized carbons (Fsp3) is 0.600. The molecule has 0 aliphatic carbocycles. The van der Waals surface area contributed by atoms with Gasteiger partial charge in [-0.15, -0.1) is 0 Å². The van der Waals surface area contributed by atoms with Crippen LogP contribution in [0.2, 0.25) is 0 Å². The normalized spacial score (nSPS) is 27.4. The largest absolute Gasteiger partial charge is 0.378 e. The Kier molecular flexibility index (Phi) is 3.82. The molecule has 21 heavy (non-hydrogen) atoms. The van der Waals surface area contributed by atoms with Gasteiger partial charge in [-0.25, -0.2) is 0 Å². The second-order valence-electron chi connectivity index (χ2n) is 6.08. The molecule has 6 nitrogen and oxygen atoms in total. The number of nitrogens with zero attached hydrogens (tertiary/aromatic N) is 3. The summed E-state index contributed by atoms with van der Waals surface area (Å²) >= 11 is 0. The van der Waals surface area contributed by atoms with Crippen LogP contribution >= 0.6 is 0 Å². The van der Waals surface area contributed by atoms with Gasteiger partial charge in [0.15, 0.2) is 0 Å². The van der Waals surface area contributed by atoms with Crippen molar-refractivity contribution < 1.29 is 10.0 Å². The lowest BCUT2D eigenvalue weighted by atomic mass is 9.92. The molecule has 114 valence electrons. The first-order valence-corrected chi connectivity index (χ1v) is 7.49. The number of hydrogen-bond donors (Lipinski definition) is 1. The summed E-state index contributed by atoms with van der Waals surface area (Å²) in [6.07, 6.45) is 1.78. The van der Waals surface area contributed by atoms with Crippen LogP contribution < -0.4 is 4.90 Å². The van der Waals surface area contributed by atoms with Gasteiger partial charge in [-0.1, -0.05) is 6.92 Å². The summed E-state index contributed by atoms with van der Waals surface area (Å²) in [6.45, 7) is 4.93. The van der Waals surface area contributed by atoms with E-state index >= 15 is 0 Å². The molecule has 0 bridgehead atoms. The average Bonchev–Trinajstić information content (AvgIpc) is 2.52. The average molecular weight is 291 g/mol. The molecule has 2 atom stereocenters. The van der Waals surface area contributed by atoms with Crippen molar-refractivity contribution in [2.45, 2.75) is 32.0 Å². The highest BCUT2D eigenvalue weighted by Crippen LogP contribution is 2.31. The topological polar surface area (TPSA) is 69.9 Å². The van der Waals surface area contributed by atoms with Gasteiger partial charge in [0.25, 0.3) is 5.69 Å². The minimum atomic E-state index is -0.373. The third-order valence-corrected chi connectivity index (χ3v) is 4.71. The first-order chi connectivity index (χ1) is 10.1. The van der Waals surface area contributed by atoms with E-state index in [0.717, 1.165) is 38.2 Å². The van der Waals surface area contributed by atoms with Gasteiger partial charge in [-0.3, -0.25) is 15.0 Å². The Labute approximate surface area is 124 Å². The number of aliphatic hydroxyl groups excluding tert-OH is 1. The zero-order chi connectivity index (χ0) is 15.0. The zero-order valence-corrected chi connectivity index (χ0v) is 12.2. The third kappa shape index (κ3) is 2.73. The van der Waals surface area contributed by atoms with Crippen molar-refractivity contribution in [1.29, 1.82) is 0 Å². The summed E-state index contributed by atoms with van der Waals surface area (Å²) in [7, 11) is 0. The van der Waals surface area contributed by atoms with E-state index in [9.17, 15) is 15.2 Å². The summed E-state index contributed by atoms with van der Waals surface area (Å²) in [5, 5.41) is 20.6. The van der Waals surface area contributed by atoms with Crippen LogP contribution in [0.25, 0.3) is 0 Å². The SMILES string of the molecule is CC1CN(C2CCN(c3ccc([N+](=O)[O-])cc3)CC2)C1O. The molecule has 2 saturated heterocycles. The molecule has 2 aliphatic heterocycles. The van der Waals surface area contributed by atoms with Crippen LogP contribution in [0.3, 0.4) is 0 Å². The minimum Gasteiger partial charge on any atom is -0.378 e. The van der Waals surface area contributed by atoms with E-state index in [1.807, 2.05) is 12.1 Å². The van der Waals surface area contributed by atoms with E-state index < -0.39 is 0 Å². The quantitative estimate of drug-likeness (QED) is 0.679. The molecular formula is C15H21N3O3. The molecule has 1 aromatic rings. The molecule has 3 rings (SSSR count). The molecule has 2 heterocycles. The molecule has 0 spiro atoms. The third-order valence-electron chi connectivity index (χ3n) is 4.71. The Morgan fingerprint density at radius 3 is 2.33 bits per heavy atom. The number of non-ortho nitro benzene ring substituents is 1. The van der Waals surface area contributed by atoms with Gasteiger partial charge in [0, 0.05) is 49.4 Å². The van der Waals surface area contributed by atoms with Crippen molar-refractivity contribution in [2.24, 2.45) is 5.92 Å². The number of likely N-dealkylation sites (tertiary alicyclic amines) is 1. The number of hydrogen-bond acceptors (Lipinski definition) is 5. The standard InChI is InChI=1S/C15H21N3O3/c1-11-10-17(15(11)19)13-6-8-16(9-7-13)12-2-4-14(5-3-12)18(20)21/h2-5,11,13,15,19H,6-10H2,1H3. The van der Waals surface area contributed by atoms with Crippen molar-refractivity contribution in [1.82, 2.24) is 4.90 Å². The minimum absolute atomic E-state index is 0.131. The van der Waals surface area contributed by atoms with E-state index in [2.05, 4.69) is 16.7 Å². The maximum absolute atomic E-state index is 10.7. The van der Waals surface area contributed by atoms with Gasteiger partial charge in [0.05, 0.1) is 4.92 Å². The Morgan fingerprint density at radius 1 is 1.24 bits per heavy atom.